The van der Waals surface area contributed by atoms with Crippen molar-refractivity contribution in [3.63, 3.8) is 0 Å². The van der Waals surface area contributed by atoms with E-state index in [0.717, 1.165) is 43.5 Å². The van der Waals surface area contributed by atoms with Crippen molar-refractivity contribution in [1.29, 1.82) is 0 Å². The van der Waals surface area contributed by atoms with Crippen molar-refractivity contribution < 1.29 is 14.6 Å². The van der Waals surface area contributed by atoms with E-state index in [-0.39, 0.29) is 6.61 Å². The van der Waals surface area contributed by atoms with E-state index < -0.39 is 5.97 Å². The molecule has 0 radical (unpaired) electrons. The highest BCUT2D eigenvalue weighted by molar-refractivity contribution is 5.82. The van der Waals surface area contributed by atoms with Gasteiger partial charge in [0.2, 0.25) is 0 Å². The molecule has 0 atom stereocenters. The summed E-state index contributed by atoms with van der Waals surface area (Å²) in [6, 6.07) is 19.1. The van der Waals surface area contributed by atoms with Gasteiger partial charge in [-0.1, -0.05) is 60.2 Å². The second-order valence-electron chi connectivity index (χ2n) is 9.02. The first-order valence-electron chi connectivity index (χ1n) is 11.5. The van der Waals surface area contributed by atoms with Gasteiger partial charge in [0, 0.05) is 23.4 Å². The highest BCUT2D eigenvalue weighted by Gasteiger charge is 2.24. The number of carboxylic acid groups (broad SMARTS) is 1. The van der Waals surface area contributed by atoms with E-state index in [1.54, 1.807) is 0 Å². The van der Waals surface area contributed by atoms with Crippen molar-refractivity contribution >= 4 is 5.97 Å². The molecule has 5 nitrogen and oxygen atoms in total. The molecule has 1 aliphatic rings. The van der Waals surface area contributed by atoms with E-state index in [1.165, 1.54) is 22.4 Å². The molecule has 0 aliphatic heterocycles. The van der Waals surface area contributed by atoms with Crippen LogP contribution >= 0.6 is 0 Å². The van der Waals surface area contributed by atoms with Crippen LogP contribution in [-0.4, -0.2) is 34.1 Å². The average molecular weight is 433 g/mol. The average Bonchev–Trinajstić information content (AvgIpc) is 3.11. The highest BCUT2D eigenvalue weighted by Crippen LogP contribution is 2.36. The van der Waals surface area contributed by atoms with E-state index >= 15 is 0 Å². The van der Waals surface area contributed by atoms with Gasteiger partial charge in [-0.25, -0.2) is 4.79 Å². The Morgan fingerprint density at radius 3 is 2.38 bits per heavy atom. The summed E-state index contributed by atoms with van der Waals surface area (Å²) in [5.41, 5.74) is 7.08. The van der Waals surface area contributed by atoms with Crippen molar-refractivity contribution in [2.75, 3.05) is 13.2 Å². The molecule has 3 aromatic rings. The minimum Gasteiger partial charge on any atom is -0.480 e. The quantitative estimate of drug-likeness (QED) is 0.493. The monoisotopic (exact) mass is 432 g/mol. The number of aromatic nitrogens is 2. The first-order valence-corrected chi connectivity index (χ1v) is 11.5. The third kappa shape index (κ3) is 5.28. The molecule has 0 spiro atoms. The summed E-state index contributed by atoms with van der Waals surface area (Å²) >= 11 is 0. The van der Waals surface area contributed by atoms with Crippen LogP contribution in [0.3, 0.4) is 0 Å². The zero-order valence-corrected chi connectivity index (χ0v) is 19.0. The maximum atomic E-state index is 10.6. The number of benzene rings is 2. The molecular formula is C27H32N2O3. The first-order chi connectivity index (χ1) is 15.5. The number of ether oxygens (including phenoxy) is 1. The van der Waals surface area contributed by atoms with E-state index in [2.05, 4.69) is 67.1 Å². The maximum absolute atomic E-state index is 10.6. The van der Waals surface area contributed by atoms with Crippen molar-refractivity contribution in [2.24, 2.45) is 11.8 Å². The first kappa shape index (κ1) is 22.3. The van der Waals surface area contributed by atoms with Gasteiger partial charge in [-0.3, -0.25) is 4.68 Å². The fourth-order valence-electron chi connectivity index (χ4n) is 4.81. The number of hydrogen-bond donors (Lipinski definition) is 1. The summed E-state index contributed by atoms with van der Waals surface area (Å²) < 4.78 is 7.52. The Kier molecular flexibility index (Phi) is 7.05. The Bertz CT molecular complexity index is 1050. The van der Waals surface area contributed by atoms with E-state index in [1.807, 2.05) is 6.07 Å². The van der Waals surface area contributed by atoms with Crippen LogP contribution in [0.1, 0.15) is 36.9 Å². The lowest BCUT2D eigenvalue weighted by molar-refractivity contribution is -0.142. The Balaban J connectivity index is 1.52. The summed E-state index contributed by atoms with van der Waals surface area (Å²) in [6.07, 6.45) is 4.42. The van der Waals surface area contributed by atoms with Crippen molar-refractivity contribution in [3.8, 4) is 22.4 Å². The smallest absolute Gasteiger partial charge is 0.329 e. The predicted molar refractivity (Wildman–Crippen MR) is 126 cm³/mol. The minimum atomic E-state index is -0.897. The number of rotatable bonds is 8. The minimum absolute atomic E-state index is 0.198. The molecule has 5 heteroatoms. The number of carboxylic acids is 1. The van der Waals surface area contributed by atoms with E-state index in [4.69, 9.17) is 14.9 Å². The summed E-state index contributed by atoms with van der Waals surface area (Å²) in [7, 11) is 0. The Morgan fingerprint density at radius 2 is 1.69 bits per heavy atom. The van der Waals surface area contributed by atoms with E-state index in [9.17, 15) is 4.79 Å². The molecule has 1 aliphatic carbocycles. The van der Waals surface area contributed by atoms with Crippen LogP contribution in [0.5, 0.6) is 0 Å². The van der Waals surface area contributed by atoms with Crippen molar-refractivity contribution in [2.45, 2.75) is 46.1 Å². The molecule has 168 valence electrons. The fourth-order valence-corrected chi connectivity index (χ4v) is 4.81. The molecule has 0 amide bonds. The molecule has 1 aromatic heterocycles. The van der Waals surface area contributed by atoms with Crippen LogP contribution in [0.2, 0.25) is 0 Å². The summed E-state index contributed by atoms with van der Waals surface area (Å²) in [5.74, 6) is 0.150. The van der Waals surface area contributed by atoms with Crippen LogP contribution in [0.15, 0.2) is 54.6 Å². The molecular weight excluding hydrogens is 400 g/mol. The molecule has 32 heavy (non-hydrogen) atoms. The Hall–Kier alpha value is -2.92. The number of aryl methyl sites for hydroxylation is 1. The van der Waals surface area contributed by atoms with Crippen LogP contribution in [0.4, 0.5) is 0 Å². The Labute approximate surface area is 190 Å². The highest BCUT2D eigenvalue weighted by atomic mass is 16.5. The van der Waals surface area contributed by atoms with Gasteiger partial charge >= 0.3 is 5.97 Å². The molecule has 0 unspecified atom stereocenters. The normalized spacial score (nSPS) is 18.6. The molecule has 0 saturated heterocycles. The molecule has 1 N–H and O–H groups in total. The van der Waals surface area contributed by atoms with E-state index in [0.29, 0.717) is 18.4 Å². The predicted octanol–water partition coefficient (Wildman–Crippen LogP) is 5.74. The molecule has 1 heterocycles. The van der Waals surface area contributed by atoms with Gasteiger partial charge in [0.15, 0.2) is 0 Å². The fraction of sp³-hybridized carbons (Fsp3) is 0.407. The number of aliphatic carboxylic acids is 1. The largest absolute Gasteiger partial charge is 0.480 e. The number of carbonyl (C=O) groups is 1. The second kappa shape index (κ2) is 10.1. The lowest BCUT2D eigenvalue weighted by atomic mass is 9.82. The van der Waals surface area contributed by atoms with Crippen LogP contribution in [0, 0.1) is 25.7 Å². The zero-order valence-electron chi connectivity index (χ0n) is 19.0. The lowest BCUT2D eigenvalue weighted by Gasteiger charge is -2.28. The Morgan fingerprint density at radius 1 is 1.00 bits per heavy atom. The van der Waals surface area contributed by atoms with Crippen LogP contribution in [0.25, 0.3) is 22.4 Å². The van der Waals surface area contributed by atoms with Crippen LogP contribution < -0.4 is 0 Å². The van der Waals surface area contributed by atoms with Crippen LogP contribution in [-0.2, 0) is 16.1 Å². The molecule has 0 bridgehead atoms. The third-order valence-corrected chi connectivity index (χ3v) is 6.54. The second-order valence-corrected chi connectivity index (χ2v) is 9.02. The zero-order chi connectivity index (χ0) is 22.5. The topological polar surface area (TPSA) is 64.4 Å². The number of nitrogens with zero attached hydrogens (tertiary/aromatic N) is 2. The third-order valence-electron chi connectivity index (χ3n) is 6.54. The van der Waals surface area contributed by atoms with Gasteiger partial charge < -0.3 is 9.84 Å². The van der Waals surface area contributed by atoms with Gasteiger partial charge in [0.05, 0.1) is 6.61 Å². The van der Waals surface area contributed by atoms with Crippen molar-refractivity contribution in [1.82, 2.24) is 9.78 Å². The molecule has 2 aromatic carbocycles. The van der Waals surface area contributed by atoms with Crippen molar-refractivity contribution in [3.05, 3.63) is 65.9 Å². The van der Waals surface area contributed by atoms with Gasteiger partial charge in [-0.15, -0.1) is 0 Å². The maximum Gasteiger partial charge on any atom is 0.329 e. The van der Waals surface area contributed by atoms with Gasteiger partial charge in [0.1, 0.15) is 12.3 Å². The lowest BCUT2D eigenvalue weighted by Crippen LogP contribution is -2.23. The summed E-state index contributed by atoms with van der Waals surface area (Å²) in [6.45, 7) is 5.58. The summed E-state index contributed by atoms with van der Waals surface area (Å²) in [5, 5.41) is 13.8. The number of hydrogen-bond acceptors (Lipinski definition) is 3. The molecule has 1 saturated carbocycles. The molecule has 1 fully saturated rings. The van der Waals surface area contributed by atoms with Gasteiger partial charge in [0.25, 0.3) is 0 Å². The SMILES string of the molecule is Cc1cccc(-c2c(-c3ccccc3)nn(C[C@H]3CC[C@@H](COCC(=O)O)CC3)c2C)c1. The standard InChI is InChI=1S/C27H32N2O3/c1-19-7-6-10-24(15-19)26-20(2)29(28-27(26)23-8-4-3-5-9-23)16-21-11-13-22(14-12-21)17-32-18-25(30)31/h3-10,15,21-22H,11-14,16-18H2,1-2H3,(H,30,31)/t21-,22+. The molecule has 4 rings (SSSR count). The van der Waals surface area contributed by atoms with Gasteiger partial charge in [-0.05, 0) is 56.9 Å². The van der Waals surface area contributed by atoms with Gasteiger partial charge in [-0.2, -0.15) is 5.10 Å². The summed E-state index contributed by atoms with van der Waals surface area (Å²) in [4.78, 5) is 10.6.